The Morgan fingerprint density at radius 1 is 1.35 bits per heavy atom. The van der Waals surface area contributed by atoms with Gasteiger partial charge in [0.2, 0.25) is 0 Å². The number of aryl methyl sites for hydroxylation is 1. The van der Waals surface area contributed by atoms with Crippen molar-refractivity contribution in [2.75, 3.05) is 31.5 Å². The Labute approximate surface area is 103 Å². The van der Waals surface area contributed by atoms with Crippen LogP contribution in [0.5, 0.6) is 0 Å². The second-order valence-electron chi connectivity index (χ2n) is 5.00. The van der Waals surface area contributed by atoms with E-state index < -0.39 is 0 Å². The molecule has 94 valence electrons. The van der Waals surface area contributed by atoms with Crippen LogP contribution < -0.4 is 5.32 Å². The molecule has 1 fully saturated rings. The number of nitrogens with zero attached hydrogens (tertiary/aromatic N) is 3. The second-order valence-corrected chi connectivity index (χ2v) is 5.00. The Balaban J connectivity index is 1.69. The van der Waals surface area contributed by atoms with Gasteiger partial charge in [-0.1, -0.05) is 6.92 Å². The molecule has 0 spiro atoms. The largest absolute Gasteiger partial charge is 0.369 e. The van der Waals surface area contributed by atoms with Crippen LogP contribution >= 0.6 is 0 Å². The van der Waals surface area contributed by atoms with Crippen LogP contribution in [0.1, 0.15) is 25.5 Å². The van der Waals surface area contributed by atoms with Crippen LogP contribution in [0.15, 0.2) is 12.4 Å². The summed E-state index contributed by atoms with van der Waals surface area (Å²) in [5.74, 6) is 1.84. The number of likely N-dealkylation sites (tertiary alicyclic amines) is 1. The van der Waals surface area contributed by atoms with E-state index in [9.17, 15) is 0 Å². The van der Waals surface area contributed by atoms with E-state index in [1.165, 1.54) is 25.9 Å². The van der Waals surface area contributed by atoms with Gasteiger partial charge >= 0.3 is 0 Å². The Bertz CT molecular complexity index is 345. The highest BCUT2D eigenvalue weighted by atomic mass is 15.1. The van der Waals surface area contributed by atoms with Crippen LogP contribution in [0.4, 0.5) is 5.82 Å². The number of aromatic nitrogens is 2. The standard InChI is InChI=1S/C13H22N4/c1-11-3-6-17(7-4-11)8-5-14-13-9-12(2)15-10-16-13/h9-11H,3-8H2,1-2H3,(H,14,15,16). The number of hydrogen-bond donors (Lipinski definition) is 1. The zero-order valence-corrected chi connectivity index (χ0v) is 10.8. The SMILES string of the molecule is Cc1cc(NCCN2CCC(C)CC2)ncn1. The molecule has 0 amide bonds. The quantitative estimate of drug-likeness (QED) is 0.864. The molecule has 1 aromatic heterocycles. The fourth-order valence-corrected chi connectivity index (χ4v) is 2.18. The van der Waals surface area contributed by atoms with Crippen molar-refractivity contribution in [2.24, 2.45) is 5.92 Å². The summed E-state index contributed by atoms with van der Waals surface area (Å²) in [6.45, 7) is 8.88. The van der Waals surface area contributed by atoms with Crippen molar-refractivity contribution in [2.45, 2.75) is 26.7 Å². The number of hydrogen-bond acceptors (Lipinski definition) is 4. The molecule has 1 aliphatic rings. The topological polar surface area (TPSA) is 41.0 Å². The first-order valence-electron chi connectivity index (χ1n) is 6.49. The Morgan fingerprint density at radius 2 is 2.12 bits per heavy atom. The van der Waals surface area contributed by atoms with E-state index >= 15 is 0 Å². The van der Waals surface area contributed by atoms with Crippen LogP contribution in [-0.2, 0) is 0 Å². The van der Waals surface area contributed by atoms with Gasteiger partial charge in [-0.2, -0.15) is 0 Å². The molecule has 0 aliphatic carbocycles. The summed E-state index contributed by atoms with van der Waals surface area (Å²) in [6, 6.07) is 1.98. The van der Waals surface area contributed by atoms with Gasteiger partial charge in [-0.15, -0.1) is 0 Å². The molecule has 0 radical (unpaired) electrons. The van der Waals surface area contributed by atoms with E-state index in [-0.39, 0.29) is 0 Å². The monoisotopic (exact) mass is 234 g/mol. The third-order valence-electron chi connectivity index (χ3n) is 3.41. The second kappa shape index (κ2) is 5.96. The first-order chi connectivity index (χ1) is 8.24. The van der Waals surface area contributed by atoms with Crippen LogP contribution in [0.3, 0.4) is 0 Å². The number of piperidine rings is 1. The van der Waals surface area contributed by atoms with E-state index in [4.69, 9.17) is 0 Å². The molecule has 0 saturated carbocycles. The average Bonchev–Trinajstić information content (AvgIpc) is 2.32. The van der Waals surface area contributed by atoms with Crippen LogP contribution in [0.25, 0.3) is 0 Å². The van der Waals surface area contributed by atoms with Crippen LogP contribution in [0, 0.1) is 12.8 Å². The van der Waals surface area contributed by atoms with Crippen molar-refractivity contribution in [1.29, 1.82) is 0 Å². The Kier molecular flexibility index (Phi) is 4.31. The van der Waals surface area contributed by atoms with Gasteiger partial charge in [-0.3, -0.25) is 0 Å². The van der Waals surface area contributed by atoms with Crippen molar-refractivity contribution in [1.82, 2.24) is 14.9 Å². The van der Waals surface area contributed by atoms with Crippen molar-refractivity contribution in [3.8, 4) is 0 Å². The maximum Gasteiger partial charge on any atom is 0.129 e. The Morgan fingerprint density at radius 3 is 2.82 bits per heavy atom. The minimum Gasteiger partial charge on any atom is -0.369 e. The highest BCUT2D eigenvalue weighted by molar-refractivity contribution is 5.34. The minimum absolute atomic E-state index is 0.906. The minimum atomic E-state index is 0.906. The molecule has 1 aromatic rings. The van der Waals surface area contributed by atoms with Crippen LogP contribution in [-0.4, -0.2) is 41.0 Å². The molecule has 17 heavy (non-hydrogen) atoms. The maximum atomic E-state index is 4.19. The van der Waals surface area contributed by atoms with Crippen molar-refractivity contribution >= 4 is 5.82 Å². The lowest BCUT2D eigenvalue weighted by Gasteiger charge is -2.30. The number of nitrogens with one attached hydrogen (secondary N) is 1. The van der Waals surface area contributed by atoms with E-state index in [0.29, 0.717) is 0 Å². The number of rotatable bonds is 4. The van der Waals surface area contributed by atoms with E-state index in [1.807, 2.05) is 13.0 Å². The summed E-state index contributed by atoms with van der Waals surface area (Å²) in [5, 5.41) is 3.35. The predicted octanol–water partition coefficient (Wildman–Crippen LogP) is 1.93. The van der Waals surface area contributed by atoms with E-state index in [2.05, 4.69) is 27.1 Å². The summed E-state index contributed by atoms with van der Waals surface area (Å²) < 4.78 is 0. The molecule has 0 unspecified atom stereocenters. The van der Waals surface area contributed by atoms with Gasteiger partial charge < -0.3 is 10.2 Å². The summed E-state index contributed by atoms with van der Waals surface area (Å²) in [6.07, 6.45) is 4.29. The fourth-order valence-electron chi connectivity index (χ4n) is 2.18. The lowest BCUT2D eigenvalue weighted by atomic mass is 9.99. The average molecular weight is 234 g/mol. The summed E-state index contributed by atoms with van der Waals surface area (Å²) in [5.41, 5.74) is 1.01. The molecule has 1 N–H and O–H groups in total. The smallest absolute Gasteiger partial charge is 0.129 e. The summed E-state index contributed by atoms with van der Waals surface area (Å²) in [4.78, 5) is 10.8. The highest BCUT2D eigenvalue weighted by Gasteiger charge is 2.14. The molecule has 4 heteroatoms. The third kappa shape index (κ3) is 3.97. The molecular weight excluding hydrogens is 212 g/mol. The molecule has 4 nitrogen and oxygen atoms in total. The molecule has 1 aliphatic heterocycles. The maximum absolute atomic E-state index is 4.19. The fraction of sp³-hybridized carbons (Fsp3) is 0.692. The zero-order chi connectivity index (χ0) is 12.1. The van der Waals surface area contributed by atoms with Gasteiger partial charge in [0.25, 0.3) is 0 Å². The van der Waals surface area contributed by atoms with Gasteiger partial charge in [-0.05, 0) is 38.8 Å². The molecule has 0 bridgehead atoms. The molecule has 0 aromatic carbocycles. The first-order valence-corrected chi connectivity index (χ1v) is 6.49. The molecule has 1 saturated heterocycles. The van der Waals surface area contributed by atoms with Gasteiger partial charge in [-0.25, -0.2) is 9.97 Å². The normalized spacial score (nSPS) is 18.2. The van der Waals surface area contributed by atoms with Crippen molar-refractivity contribution in [3.05, 3.63) is 18.1 Å². The number of anilines is 1. The van der Waals surface area contributed by atoms with Gasteiger partial charge in [0.05, 0.1) is 0 Å². The predicted molar refractivity (Wildman–Crippen MR) is 70.1 cm³/mol. The molecule has 2 rings (SSSR count). The molecule has 0 atom stereocenters. The van der Waals surface area contributed by atoms with Gasteiger partial charge in [0.15, 0.2) is 0 Å². The lowest BCUT2D eigenvalue weighted by Crippen LogP contribution is -2.36. The highest BCUT2D eigenvalue weighted by Crippen LogP contribution is 2.15. The van der Waals surface area contributed by atoms with Crippen LogP contribution in [0.2, 0.25) is 0 Å². The lowest BCUT2D eigenvalue weighted by molar-refractivity contribution is 0.199. The molecular formula is C13H22N4. The zero-order valence-electron chi connectivity index (χ0n) is 10.8. The first kappa shape index (κ1) is 12.3. The van der Waals surface area contributed by atoms with Crippen molar-refractivity contribution < 1.29 is 0 Å². The van der Waals surface area contributed by atoms with E-state index in [0.717, 1.165) is 30.5 Å². The van der Waals surface area contributed by atoms with Gasteiger partial charge in [0.1, 0.15) is 12.1 Å². The summed E-state index contributed by atoms with van der Waals surface area (Å²) >= 11 is 0. The summed E-state index contributed by atoms with van der Waals surface area (Å²) in [7, 11) is 0. The molecule has 2 heterocycles. The Hall–Kier alpha value is -1.16. The van der Waals surface area contributed by atoms with Crippen molar-refractivity contribution in [3.63, 3.8) is 0 Å². The van der Waals surface area contributed by atoms with Gasteiger partial charge in [0, 0.05) is 24.8 Å². The third-order valence-corrected chi connectivity index (χ3v) is 3.41. The van der Waals surface area contributed by atoms with E-state index in [1.54, 1.807) is 6.33 Å².